The molecule has 11 heteroatoms. The molecule has 0 bridgehead atoms. The van der Waals surface area contributed by atoms with Crippen molar-refractivity contribution >= 4 is 15.6 Å². The summed E-state index contributed by atoms with van der Waals surface area (Å²) in [5.74, 6) is 0. The van der Waals surface area contributed by atoms with Crippen molar-refractivity contribution in [1.82, 2.24) is 0 Å². The first-order valence-electron chi connectivity index (χ1n) is 13.5. The first-order chi connectivity index (χ1) is 16.1. The fraction of sp³-hybridized carbons (Fsp3) is 1.00. The molecule has 208 valence electrons. The molecule has 35 heavy (non-hydrogen) atoms. The third-order valence-electron chi connectivity index (χ3n) is 5.49. The van der Waals surface area contributed by atoms with E-state index in [-0.39, 0.29) is 34.9 Å². The average molecular weight is 576 g/mol. The number of phosphoric ester groups is 2. The van der Waals surface area contributed by atoms with E-state index in [1.165, 1.54) is 89.9 Å². The third kappa shape index (κ3) is 45.3. The predicted octanol–water partition coefficient (Wildman–Crippen LogP) is 5.50. The molecule has 0 atom stereocenters. The maximum absolute atomic E-state index is 10.1. The molecule has 0 aromatic carbocycles. The van der Waals surface area contributed by atoms with Gasteiger partial charge in [0.15, 0.2) is 0 Å². The number of unbranched alkanes of at least 4 members (excludes halogenated alkanes) is 18. The van der Waals surface area contributed by atoms with E-state index in [0.717, 1.165) is 25.7 Å². The van der Waals surface area contributed by atoms with Gasteiger partial charge in [-0.15, -0.1) is 0 Å². The van der Waals surface area contributed by atoms with Crippen molar-refractivity contribution in [3.05, 3.63) is 0 Å². The van der Waals surface area contributed by atoms with Crippen molar-refractivity contribution < 1.29 is 59.5 Å². The zero-order valence-corrected chi connectivity index (χ0v) is 25.6. The Kier molecular flexibility index (Phi) is 34.1. The predicted molar refractivity (Wildman–Crippen MR) is 131 cm³/mol. The van der Waals surface area contributed by atoms with Crippen molar-refractivity contribution in [1.29, 1.82) is 0 Å². The third-order valence-corrected chi connectivity index (χ3v) is 6.49. The summed E-state index contributed by atoms with van der Waals surface area (Å²) < 4.78 is 28.6. The van der Waals surface area contributed by atoms with Gasteiger partial charge in [-0.3, -0.25) is 0 Å². The number of hydrogen-bond donors (Lipinski definition) is 0. The second-order valence-electron chi connectivity index (χ2n) is 8.92. The van der Waals surface area contributed by atoms with Gasteiger partial charge < -0.3 is 37.8 Å². The van der Waals surface area contributed by atoms with Crippen molar-refractivity contribution in [2.75, 3.05) is 13.2 Å². The van der Waals surface area contributed by atoms with Gasteiger partial charge in [0.25, 0.3) is 0 Å². The van der Waals surface area contributed by atoms with Crippen LogP contribution in [-0.4, -0.2) is 13.2 Å². The molecule has 0 rings (SSSR count). The molecule has 0 aromatic rings. The fourth-order valence-corrected chi connectivity index (χ4v) is 4.24. The van der Waals surface area contributed by atoms with E-state index in [2.05, 4.69) is 22.9 Å². The van der Waals surface area contributed by atoms with Crippen molar-refractivity contribution in [3.8, 4) is 0 Å². The second-order valence-corrected chi connectivity index (χ2v) is 11.2. The Balaban J connectivity index is -0.000000569. The normalized spacial score (nSPS) is 11.6. The summed E-state index contributed by atoms with van der Waals surface area (Å²) in [5, 5.41) is 0. The van der Waals surface area contributed by atoms with Gasteiger partial charge in [0.2, 0.25) is 0 Å². The Bertz CT molecular complexity index is 456. The van der Waals surface area contributed by atoms with Crippen LogP contribution in [0.4, 0.5) is 0 Å². The summed E-state index contributed by atoms with van der Waals surface area (Å²) in [4.78, 5) is 40.6. The minimum absolute atomic E-state index is 0. The Morgan fingerprint density at radius 3 is 0.829 bits per heavy atom. The minimum Gasteiger partial charge on any atom is -0.790 e. The van der Waals surface area contributed by atoms with Crippen LogP contribution in [0.1, 0.15) is 142 Å². The summed E-state index contributed by atoms with van der Waals surface area (Å²) in [6, 6.07) is 0. The minimum atomic E-state index is -4.74. The largest absolute Gasteiger partial charge is 4.00 e. The summed E-state index contributed by atoms with van der Waals surface area (Å²) in [6.45, 7) is 4.51. The first kappa shape index (κ1) is 40.4. The zero-order chi connectivity index (χ0) is 26.0. The van der Waals surface area contributed by atoms with Crippen LogP contribution < -0.4 is 19.6 Å². The smallest absolute Gasteiger partial charge is 0.790 e. The van der Waals surface area contributed by atoms with Gasteiger partial charge in [-0.1, -0.05) is 129 Å². The SMILES string of the molecule is CCCCCCCCCCCCOP(=O)([O-])[O-].CCCCCCCCCCCCOP(=O)([O-])[O-].[Ti+4]. The molecule has 0 aliphatic rings. The summed E-state index contributed by atoms with van der Waals surface area (Å²) in [7, 11) is -9.49. The summed E-state index contributed by atoms with van der Waals surface area (Å²) in [5.41, 5.74) is 0. The van der Waals surface area contributed by atoms with E-state index >= 15 is 0 Å². The molecule has 0 amide bonds. The van der Waals surface area contributed by atoms with Crippen LogP contribution in [0.25, 0.3) is 0 Å². The molecule has 0 fully saturated rings. The van der Waals surface area contributed by atoms with Crippen LogP contribution in [0.2, 0.25) is 0 Å². The number of phosphoric acid groups is 2. The standard InChI is InChI=1S/2C12H27O4P.Ti/c2*1-2-3-4-5-6-7-8-9-10-11-12-16-17(13,14)15;/h2*2-12H2,1H3,(H2,13,14,15);/q;;+4/p-4. The van der Waals surface area contributed by atoms with E-state index < -0.39 is 15.6 Å². The van der Waals surface area contributed by atoms with Gasteiger partial charge in [-0.25, -0.2) is 0 Å². The molecule has 0 heterocycles. The van der Waals surface area contributed by atoms with E-state index in [1.807, 2.05) is 0 Å². The molecule has 0 aliphatic heterocycles. The van der Waals surface area contributed by atoms with Gasteiger partial charge in [0.05, 0.1) is 28.9 Å². The molecule has 0 saturated carbocycles. The molecular formula is C24H50O8P2Ti. The Morgan fingerprint density at radius 2 is 0.629 bits per heavy atom. The first-order valence-corrected chi connectivity index (χ1v) is 16.4. The van der Waals surface area contributed by atoms with Gasteiger partial charge in [-0.05, 0) is 12.8 Å². The van der Waals surface area contributed by atoms with Gasteiger partial charge in [0.1, 0.15) is 0 Å². The Morgan fingerprint density at radius 1 is 0.429 bits per heavy atom. The number of rotatable bonds is 24. The van der Waals surface area contributed by atoms with Gasteiger partial charge in [-0.2, -0.15) is 0 Å². The molecule has 0 radical (unpaired) electrons. The van der Waals surface area contributed by atoms with Crippen molar-refractivity contribution in [2.45, 2.75) is 142 Å². The molecule has 0 unspecified atom stereocenters. The zero-order valence-electron chi connectivity index (χ0n) is 22.2. The summed E-state index contributed by atoms with van der Waals surface area (Å²) in [6.07, 6.45) is 23.4. The van der Waals surface area contributed by atoms with Crippen LogP contribution in [0.3, 0.4) is 0 Å². The fourth-order valence-electron chi connectivity index (χ4n) is 3.53. The van der Waals surface area contributed by atoms with Crippen LogP contribution in [-0.2, 0) is 39.9 Å². The Labute approximate surface area is 230 Å². The molecule has 0 aromatic heterocycles. The quantitative estimate of drug-likeness (QED) is 0.0832. The maximum atomic E-state index is 10.1. The molecule has 0 aliphatic carbocycles. The second kappa shape index (κ2) is 29.5. The van der Waals surface area contributed by atoms with Crippen molar-refractivity contribution in [2.24, 2.45) is 0 Å². The van der Waals surface area contributed by atoms with E-state index in [1.54, 1.807) is 0 Å². The molecule has 8 nitrogen and oxygen atoms in total. The maximum Gasteiger partial charge on any atom is 4.00 e. The van der Waals surface area contributed by atoms with Gasteiger partial charge in [0, 0.05) is 0 Å². The van der Waals surface area contributed by atoms with E-state index in [4.69, 9.17) is 0 Å². The number of hydrogen-bond acceptors (Lipinski definition) is 8. The van der Waals surface area contributed by atoms with Crippen LogP contribution in [0.15, 0.2) is 0 Å². The monoisotopic (exact) mass is 576 g/mol. The Hall–Kier alpha value is 0.934. The van der Waals surface area contributed by atoms with Crippen LogP contribution in [0, 0.1) is 0 Å². The van der Waals surface area contributed by atoms with Crippen LogP contribution >= 0.6 is 15.6 Å². The average Bonchev–Trinajstić information content (AvgIpc) is 2.75. The van der Waals surface area contributed by atoms with E-state index in [9.17, 15) is 28.7 Å². The molecule has 0 spiro atoms. The molecular weight excluding hydrogens is 526 g/mol. The van der Waals surface area contributed by atoms with E-state index in [0.29, 0.717) is 12.8 Å². The van der Waals surface area contributed by atoms with Gasteiger partial charge >= 0.3 is 21.7 Å². The van der Waals surface area contributed by atoms with Crippen molar-refractivity contribution in [3.63, 3.8) is 0 Å². The molecule has 0 N–H and O–H groups in total. The van der Waals surface area contributed by atoms with Crippen LogP contribution in [0.5, 0.6) is 0 Å². The summed E-state index contributed by atoms with van der Waals surface area (Å²) >= 11 is 0. The molecule has 0 saturated heterocycles. The topological polar surface area (TPSA) is 145 Å².